The number of nitrogens with zero attached hydrogens (tertiary/aromatic N) is 1. The number of carbonyl (C=O) groups excluding carboxylic acids is 1. The molecule has 1 atom stereocenters. The molecule has 1 heterocycles. The Morgan fingerprint density at radius 3 is 2.47 bits per heavy atom. The van der Waals surface area contributed by atoms with Gasteiger partial charge in [-0.2, -0.15) is 0 Å². The molecule has 3 nitrogen and oxygen atoms in total. The van der Waals surface area contributed by atoms with Gasteiger partial charge in [0.25, 0.3) is 0 Å². The number of carbonyl (C=O) groups is 1. The van der Waals surface area contributed by atoms with Crippen LogP contribution in [-0.2, 0) is 4.79 Å². The smallest absolute Gasteiger partial charge is 0.241 e. The SMILES string of the molecule is CCC(CC)N1CNC(CC(C)C)C1=O. The van der Waals surface area contributed by atoms with Crippen molar-refractivity contribution in [2.24, 2.45) is 5.92 Å². The largest absolute Gasteiger partial charge is 0.326 e. The minimum absolute atomic E-state index is 0.0607. The first-order valence-corrected chi connectivity index (χ1v) is 6.13. The Hall–Kier alpha value is -0.570. The predicted octanol–water partition coefficient (Wildman–Crippen LogP) is 1.98. The third-order valence-corrected chi connectivity index (χ3v) is 3.18. The molecule has 1 rings (SSSR count). The van der Waals surface area contributed by atoms with Crippen LogP contribution >= 0.6 is 0 Å². The maximum atomic E-state index is 12.1. The number of rotatable bonds is 5. The van der Waals surface area contributed by atoms with Gasteiger partial charge >= 0.3 is 0 Å². The van der Waals surface area contributed by atoms with Gasteiger partial charge in [0.05, 0.1) is 12.7 Å². The van der Waals surface area contributed by atoms with E-state index >= 15 is 0 Å². The molecule has 0 radical (unpaired) electrons. The predicted molar refractivity (Wildman–Crippen MR) is 62.5 cm³/mol. The second-order valence-electron chi connectivity index (χ2n) is 4.82. The average molecular weight is 212 g/mol. The van der Waals surface area contributed by atoms with Crippen molar-refractivity contribution in [1.29, 1.82) is 0 Å². The Labute approximate surface area is 93.2 Å². The van der Waals surface area contributed by atoms with E-state index < -0.39 is 0 Å². The molecule has 1 aliphatic rings. The highest BCUT2D eigenvalue weighted by atomic mass is 16.2. The van der Waals surface area contributed by atoms with Crippen LogP contribution in [0.4, 0.5) is 0 Å². The number of amides is 1. The molecule has 0 saturated carbocycles. The molecule has 1 N–H and O–H groups in total. The molecular formula is C12H24N2O. The normalized spacial score (nSPS) is 22.1. The van der Waals surface area contributed by atoms with E-state index in [4.69, 9.17) is 0 Å². The molecule has 0 aromatic carbocycles. The zero-order valence-electron chi connectivity index (χ0n) is 10.4. The van der Waals surface area contributed by atoms with Crippen LogP contribution in [0.15, 0.2) is 0 Å². The Balaban J connectivity index is 2.55. The molecule has 15 heavy (non-hydrogen) atoms. The van der Waals surface area contributed by atoms with Crippen molar-refractivity contribution in [3.63, 3.8) is 0 Å². The van der Waals surface area contributed by atoms with Gasteiger partial charge in [0.2, 0.25) is 5.91 Å². The van der Waals surface area contributed by atoms with Crippen LogP contribution < -0.4 is 5.32 Å². The molecule has 0 aliphatic carbocycles. The Kier molecular flexibility index (Phi) is 4.58. The molecule has 1 fully saturated rings. The zero-order valence-corrected chi connectivity index (χ0v) is 10.4. The number of hydrogen-bond acceptors (Lipinski definition) is 2. The fraction of sp³-hybridized carbons (Fsp3) is 0.917. The lowest BCUT2D eigenvalue weighted by atomic mass is 10.0. The maximum Gasteiger partial charge on any atom is 0.241 e. The third kappa shape index (κ3) is 2.94. The summed E-state index contributed by atoms with van der Waals surface area (Å²) in [6.45, 7) is 9.36. The van der Waals surface area contributed by atoms with Crippen LogP contribution in [0.1, 0.15) is 47.0 Å². The summed E-state index contributed by atoms with van der Waals surface area (Å²) in [5, 5.41) is 3.31. The van der Waals surface area contributed by atoms with Crippen LogP contribution in [0.5, 0.6) is 0 Å². The average Bonchev–Trinajstić information content (AvgIpc) is 2.51. The highest BCUT2D eigenvalue weighted by Crippen LogP contribution is 2.17. The van der Waals surface area contributed by atoms with Crippen LogP contribution in [0.3, 0.4) is 0 Å². The summed E-state index contributed by atoms with van der Waals surface area (Å²) in [6, 6.07) is 0.479. The van der Waals surface area contributed by atoms with Gasteiger partial charge in [0, 0.05) is 6.04 Å². The summed E-state index contributed by atoms with van der Waals surface area (Å²) in [5.74, 6) is 0.880. The molecular weight excluding hydrogens is 188 g/mol. The summed E-state index contributed by atoms with van der Waals surface area (Å²) in [7, 11) is 0. The summed E-state index contributed by atoms with van der Waals surface area (Å²) in [6.07, 6.45) is 3.06. The van der Waals surface area contributed by atoms with Gasteiger partial charge in [-0.05, 0) is 25.2 Å². The molecule has 3 heteroatoms. The van der Waals surface area contributed by atoms with Crippen molar-refractivity contribution >= 4 is 5.91 Å². The summed E-state index contributed by atoms with van der Waals surface area (Å²) >= 11 is 0. The highest BCUT2D eigenvalue weighted by molar-refractivity contribution is 5.84. The fourth-order valence-electron chi connectivity index (χ4n) is 2.27. The van der Waals surface area contributed by atoms with E-state index in [2.05, 4.69) is 33.0 Å². The maximum absolute atomic E-state index is 12.1. The van der Waals surface area contributed by atoms with E-state index in [0.717, 1.165) is 25.9 Å². The first-order valence-electron chi connectivity index (χ1n) is 6.13. The lowest BCUT2D eigenvalue weighted by molar-refractivity contribution is -0.131. The van der Waals surface area contributed by atoms with E-state index in [1.54, 1.807) is 0 Å². The third-order valence-electron chi connectivity index (χ3n) is 3.18. The van der Waals surface area contributed by atoms with E-state index in [-0.39, 0.29) is 6.04 Å². The highest BCUT2D eigenvalue weighted by Gasteiger charge is 2.34. The lowest BCUT2D eigenvalue weighted by Crippen LogP contribution is -2.38. The van der Waals surface area contributed by atoms with Gasteiger partial charge in [0.15, 0.2) is 0 Å². The van der Waals surface area contributed by atoms with Crippen LogP contribution in [0.25, 0.3) is 0 Å². The monoisotopic (exact) mass is 212 g/mol. The van der Waals surface area contributed by atoms with Crippen molar-refractivity contribution in [2.75, 3.05) is 6.67 Å². The van der Waals surface area contributed by atoms with Gasteiger partial charge in [-0.1, -0.05) is 27.7 Å². The zero-order chi connectivity index (χ0) is 11.4. The van der Waals surface area contributed by atoms with Crippen LogP contribution in [-0.4, -0.2) is 29.6 Å². The molecule has 0 bridgehead atoms. The fourth-order valence-corrected chi connectivity index (χ4v) is 2.27. The van der Waals surface area contributed by atoms with E-state index in [9.17, 15) is 4.79 Å². The van der Waals surface area contributed by atoms with Gasteiger partial charge in [-0.15, -0.1) is 0 Å². The standard InChI is InChI=1S/C12H24N2O/c1-5-10(6-2)14-8-13-11(12(14)15)7-9(3)4/h9-11,13H,5-8H2,1-4H3. The first kappa shape index (κ1) is 12.5. The lowest BCUT2D eigenvalue weighted by Gasteiger charge is -2.25. The molecule has 0 aromatic heterocycles. The van der Waals surface area contributed by atoms with E-state index in [1.807, 2.05) is 4.90 Å². The van der Waals surface area contributed by atoms with E-state index in [1.165, 1.54) is 0 Å². The van der Waals surface area contributed by atoms with Crippen molar-refractivity contribution in [3.8, 4) is 0 Å². The molecule has 0 aromatic rings. The van der Waals surface area contributed by atoms with Crippen molar-refractivity contribution < 1.29 is 4.79 Å². The van der Waals surface area contributed by atoms with Gasteiger partial charge in [-0.3, -0.25) is 10.1 Å². The summed E-state index contributed by atoms with van der Waals surface area (Å²) in [5.41, 5.74) is 0. The molecule has 88 valence electrons. The van der Waals surface area contributed by atoms with E-state index in [0.29, 0.717) is 17.9 Å². The second-order valence-corrected chi connectivity index (χ2v) is 4.82. The van der Waals surface area contributed by atoms with Gasteiger partial charge < -0.3 is 4.90 Å². The quantitative estimate of drug-likeness (QED) is 0.755. The molecule has 1 saturated heterocycles. The Morgan fingerprint density at radius 2 is 2.00 bits per heavy atom. The van der Waals surface area contributed by atoms with Crippen molar-refractivity contribution in [1.82, 2.24) is 10.2 Å². The van der Waals surface area contributed by atoms with Gasteiger partial charge in [-0.25, -0.2) is 0 Å². The van der Waals surface area contributed by atoms with Gasteiger partial charge in [0.1, 0.15) is 0 Å². The minimum Gasteiger partial charge on any atom is -0.326 e. The molecule has 1 unspecified atom stereocenters. The van der Waals surface area contributed by atoms with Crippen molar-refractivity contribution in [3.05, 3.63) is 0 Å². The summed E-state index contributed by atoms with van der Waals surface area (Å²) < 4.78 is 0. The first-order chi connectivity index (χ1) is 7.10. The minimum atomic E-state index is 0.0607. The van der Waals surface area contributed by atoms with Crippen LogP contribution in [0, 0.1) is 5.92 Å². The number of nitrogens with one attached hydrogen (secondary N) is 1. The molecule has 1 aliphatic heterocycles. The summed E-state index contributed by atoms with van der Waals surface area (Å²) in [4.78, 5) is 14.1. The number of hydrogen-bond donors (Lipinski definition) is 1. The van der Waals surface area contributed by atoms with Crippen LogP contribution in [0.2, 0.25) is 0 Å². The molecule has 1 amide bonds. The Bertz CT molecular complexity index is 212. The molecule has 0 spiro atoms. The Morgan fingerprint density at radius 1 is 1.40 bits per heavy atom. The van der Waals surface area contributed by atoms with Crippen molar-refractivity contribution in [2.45, 2.75) is 59.0 Å². The topological polar surface area (TPSA) is 32.3 Å². The second kappa shape index (κ2) is 5.50.